The molecule has 2 heterocycles. The second-order valence-electron chi connectivity index (χ2n) is 4.09. The Balaban J connectivity index is 2.06. The molecule has 6 nitrogen and oxygen atoms in total. The molecule has 0 saturated carbocycles. The monoisotopic (exact) mass is 247 g/mol. The topological polar surface area (TPSA) is 71.8 Å². The summed E-state index contributed by atoms with van der Waals surface area (Å²) in [5.41, 5.74) is 1.77. The van der Waals surface area contributed by atoms with Crippen LogP contribution in [0.3, 0.4) is 0 Å². The average molecular weight is 247 g/mol. The van der Waals surface area contributed by atoms with Crippen LogP contribution in [0.15, 0.2) is 18.6 Å². The molecule has 2 aromatic rings. The molecular weight excluding hydrogens is 230 g/mol. The Morgan fingerprint density at radius 1 is 1.44 bits per heavy atom. The Morgan fingerprint density at radius 3 is 3.06 bits per heavy atom. The van der Waals surface area contributed by atoms with E-state index in [-0.39, 0.29) is 12.5 Å². The highest BCUT2D eigenvalue weighted by Gasteiger charge is 2.07. The van der Waals surface area contributed by atoms with Crippen molar-refractivity contribution in [2.24, 2.45) is 7.05 Å². The van der Waals surface area contributed by atoms with Gasteiger partial charge >= 0.3 is 0 Å². The number of amides is 1. The van der Waals surface area contributed by atoms with Crippen LogP contribution in [0.25, 0.3) is 11.0 Å². The summed E-state index contributed by atoms with van der Waals surface area (Å²) in [7, 11) is 1.92. The van der Waals surface area contributed by atoms with E-state index >= 15 is 0 Å². The molecule has 0 unspecified atom stereocenters. The number of imidazole rings is 1. The predicted octanol–water partition coefficient (Wildman–Crippen LogP) is 0.906. The van der Waals surface area contributed by atoms with Crippen LogP contribution in [0, 0.1) is 0 Å². The quantitative estimate of drug-likeness (QED) is 0.823. The first-order valence-electron chi connectivity index (χ1n) is 5.99. The predicted molar refractivity (Wildman–Crippen MR) is 70.3 cm³/mol. The van der Waals surface area contributed by atoms with Crippen LogP contribution in [0.2, 0.25) is 0 Å². The summed E-state index contributed by atoms with van der Waals surface area (Å²) in [6, 6.07) is 1.89. The van der Waals surface area contributed by atoms with Gasteiger partial charge in [-0.2, -0.15) is 0 Å². The third-order valence-electron chi connectivity index (χ3n) is 2.63. The van der Waals surface area contributed by atoms with Gasteiger partial charge in [-0.1, -0.05) is 6.92 Å². The zero-order valence-electron chi connectivity index (χ0n) is 10.6. The van der Waals surface area contributed by atoms with E-state index in [1.54, 1.807) is 12.5 Å². The minimum Gasteiger partial charge on any atom is -0.359 e. The van der Waals surface area contributed by atoms with Crippen molar-refractivity contribution in [2.45, 2.75) is 13.3 Å². The van der Waals surface area contributed by atoms with Gasteiger partial charge in [0.25, 0.3) is 0 Å². The molecule has 2 aromatic heterocycles. The van der Waals surface area contributed by atoms with E-state index in [9.17, 15) is 4.79 Å². The Kier molecular flexibility index (Phi) is 3.76. The Bertz CT molecular complexity index is 548. The molecule has 2 N–H and O–H groups in total. The highest BCUT2D eigenvalue weighted by atomic mass is 16.1. The molecule has 2 rings (SSSR count). The fourth-order valence-corrected chi connectivity index (χ4v) is 1.68. The van der Waals surface area contributed by atoms with Crippen molar-refractivity contribution in [1.29, 1.82) is 0 Å². The maximum absolute atomic E-state index is 11.5. The number of pyridine rings is 1. The zero-order chi connectivity index (χ0) is 13.0. The van der Waals surface area contributed by atoms with Gasteiger partial charge in [-0.05, 0) is 12.5 Å². The Labute approximate surface area is 105 Å². The summed E-state index contributed by atoms with van der Waals surface area (Å²) in [6.45, 7) is 2.92. The molecule has 1 amide bonds. The molecular formula is C12H17N5O. The third-order valence-corrected chi connectivity index (χ3v) is 2.63. The summed E-state index contributed by atoms with van der Waals surface area (Å²) < 4.78 is 1.92. The van der Waals surface area contributed by atoms with Gasteiger partial charge in [0.1, 0.15) is 5.52 Å². The first kappa shape index (κ1) is 12.3. The number of nitrogens with zero attached hydrogens (tertiary/aromatic N) is 3. The van der Waals surface area contributed by atoms with E-state index in [1.807, 2.05) is 24.6 Å². The molecule has 0 aliphatic carbocycles. The van der Waals surface area contributed by atoms with Gasteiger partial charge in [0.15, 0.2) is 5.82 Å². The fraction of sp³-hybridized carbons (Fsp3) is 0.417. The lowest BCUT2D eigenvalue weighted by Gasteiger charge is -2.06. The van der Waals surface area contributed by atoms with Gasteiger partial charge in [-0.15, -0.1) is 0 Å². The van der Waals surface area contributed by atoms with Gasteiger partial charge in [0, 0.05) is 19.8 Å². The Hall–Kier alpha value is -2.11. The molecule has 0 saturated heterocycles. The van der Waals surface area contributed by atoms with Crippen molar-refractivity contribution >= 4 is 22.8 Å². The summed E-state index contributed by atoms with van der Waals surface area (Å²) in [5.74, 6) is 0.603. The van der Waals surface area contributed by atoms with Crippen molar-refractivity contribution in [2.75, 3.05) is 18.4 Å². The number of fused-ring (bicyclic) bond motifs is 1. The molecule has 0 atom stereocenters. The summed E-state index contributed by atoms with van der Waals surface area (Å²) in [4.78, 5) is 20.0. The highest BCUT2D eigenvalue weighted by Crippen LogP contribution is 2.17. The second-order valence-corrected chi connectivity index (χ2v) is 4.09. The third kappa shape index (κ3) is 2.58. The number of carbonyl (C=O) groups excluding carboxylic acids is 1. The van der Waals surface area contributed by atoms with Crippen LogP contribution >= 0.6 is 0 Å². The minimum atomic E-state index is -0.0356. The molecule has 0 radical (unpaired) electrons. The van der Waals surface area contributed by atoms with Crippen molar-refractivity contribution < 1.29 is 4.79 Å². The average Bonchev–Trinajstić information content (AvgIpc) is 2.76. The molecule has 96 valence electrons. The van der Waals surface area contributed by atoms with Crippen LogP contribution in [0.1, 0.15) is 13.3 Å². The van der Waals surface area contributed by atoms with Crippen molar-refractivity contribution in [3.63, 3.8) is 0 Å². The van der Waals surface area contributed by atoms with Crippen LogP contribution in [0.4, 0.5) is 5.82 Å². The first-order chi connectivity index (χ1) is 8.72. The number of aromatic nitrogens is 3. The van der Waals surface area contributed by atoms with Crippen molar-refractivity contribution in [3.8, 4) is 0 Å². The van der Waals surface area contributed by atoms with E-state index in [2.05, 4.69) is 20.6 Å². The molecule has 0 spiro atoms. The van der Waals surface area contributed by atoms with Gasteiger partial charge < -0.3 is 15.2 Å². The lowest BCUT2D eigenvalue weighted by molar-refractivity contribution is -0.119. The molecule has 0 bridgehead atoms. The smallest absolute Gasteiger partial charge is 0.239 e. The van der Waals surface area contributed by atoms with E-state index in [0.29, 0.717) is 12.4 Å². The summed E-state index contributed by atoms with van der Waals surface area (Å²) in [6.07, 6.45) is 4.37. The molecule has 0 aliphatic rings. The van der Waals surface area contributed by atoms with Crippen LogP contribution in [-0.4, -0.2) is 33.5 Å². The number of aryl methyl sites for hydroxylation is 1. The van der Waals surface area contributed by atoms with Crippen LogP contribution in [0.5, 0.6) is 0 Å². The Morgan fingerprint density at radius 2 is 2.28 bits per heavy atom. The SMILES string of the molecule is CCCNC(=O)CNc1nccc2c1ncn2C. The standard InChI is InChI=1S/C12H17N5O/c1-3-5-13-10(18)7-15-12-11-9(4-6-14-12)17(2)8-16-11/h4,6,8H,3,5,7H2,1-2H3,(H,13,18)(H,14,15). The largest absolute Gasteiger partial charge is 0.359 e. The molecule has 0 fully saturated rings. The molecule has 0 aliphatic heterocycles. The van der Waals surface area contributed by atoms with Gasteiger partial charge in [-0.3, -0.25) is 4.79 Å². The maximum Gasteiger partial charge on any atom is 0.239 e. The van der Waals surface area contributed by atoms with E-state index in [4.69, 9.17) is 0 Å². The lowest BCUT2D eigenvalue weighted by Crippen LogP contribution is -2.30. The van der Waals surface area contributed by atoms with Gasteiger partial charge in [0.05, 0.1) is 18.4 Å². The van der Waals surface area contributed by atoms with Crippen LogP contribution in [-0.2, 0) is 11.8 Å². The molecule has 6 heteroatoms. The fourth-order valence-electron chi connectivity index (χ4n) is 1.68. The molecule has 0 aromatic carbocycles. The van der Waals surface area contributed by atoms with Gasteiger partial charge in [-0.25, -0.2) is 9.97 Å². The lowest BCUT2D eigenvalue weighted by atomic mass is 10.3. The second kappa shape index (κ2) is 5.48. The van der Waals surface area contributed by atoms with E-state index < -0.39 is 0 Å². The zero-order valence-corrected chi connectivity index (χ0v) is 10.6. The van der Waals surface area contributed by atoms with Gasteiger partial charge in [0.2, 0.25) is 5.91 Å². The number of hydrogen-bond acceptors (Lipinski definition) is 4. The number of rotatable bonds is 5. The maximum atomic E-state index is 11.5. The summed E-state index contributed by atoms with van der Waals surface area (Å²) in [5, 5.41) is 5.81. The van der Waals surface area contributed by atoms with Crippen molar-refractivity contribution in [3.05, 3.63) is 18.6 Å². The van der Waals surface area contributed by atoms with E-state index in [0.717, 1.165) is 17.5 Å². The number of nitrogens with one attached hydrogen (secondary N) is 2. The molecule has 18 heavy (non-hydrogen) atoms. The first-order valence-corrected chi connectivity index (χ1v) is 5.99. The normalized spacial score (nSPS) is 10.6. The van der Waals surface area contributed by atoms with E-state index in [1.165, 1.54) is 0 Å². The van der Waals surface area contributed by atoms with Crippen LogP contribution < -0.4 is 10.6 Å². The number of carbonyl (C=O) groups is 1. The van der Waals surface area contributed by atoms with Crippen molar-refractivity contribution in [1.82, 2.24) is 19.9 Å². The summed E-state index contributed by atoms with van der Waals surface area (Å²) >= 11 is 0. The number of hydrogen-bond donors (Lipinski definition) is 2. The number of anilines is 1. The highest BCUT2D eigenvalue weighted by molar-refractivity contribution is 5.88. The minimum absolute atomic E-state index is 0.0356.